The fraction of sp³-hybridized carbons (Fsp3) is 0.148. The highest BCUT2D eigenvalue weighted by Gasteiger charge is 2.25. The maximum atomic E-state index is 12.8. The molecule has 3 heterocycles. The van der Waals surface area contributed by atoms with Crippen LogP contribution in [0, 0.1) is 11.3 Å². The Morgan fingerprint density at radius 2 is 2.03 bits per heavy atom. The van der Waals surface area contributed by atoms with E-state index in [0.29, 0.717) is 32.3 Å². The molecule has 180 valence electrons. The van der Waals surface area contributed by atoms with Gasteiger partial charge in [0.25, 0.3) is 5.91 Å². The number of nitrogens with one attached hydrogen (secondary N) is 2. The van der Waals surface area contributed by atoms with Gasteiger partial charge in [-0.05, 0) is 30.3 Å². The van der Waals surface area contributed by atoms with Gasteiger partial charge >= 0.3 is 0 Å². The van der Waals surface area contributed by atoms with E-state index >= 15 is 0 Å². The quantitative estimate of drug-likeness (QED) is 0.256. The van der Waals surface area contributed by atoms with Gasteiger partial charge in [-0.1, -0.05) is 64.9 Å². The molecule has 6 nitrogen and oxygen atoms in total. The van der Waals surface area contributed by atoms with E-state index in [0.717, 1.165) is 31.7 Å². The van der Waals surface area contributed by atoms with Gasteiger partial charge in [0.15, 0.2) is 5.13 Å². The maximum Gasteiger partial charge on any atom is 0.268 e. The Kier molecular flexibility index (Phi) is 7.21. The Morgan fingerprint density at radius 3 is 2.81 bits per heavy atom. The summed E-state index contributed by atoms with van der Waals surface area (Å²) in [5, 5.41) is 13.8. The lowest BCUT2D eigenvalue weighted by Gasteiger charge is -2.22. The number of carbonyl (C=O) groups is 1. The summed E-state index contributed by atoms with van der Waals surface area (Å²) in [5.74, 6) is 0.344. The van der Waals surface area contributed by atoms with Gasteiger partial charge in [0.05, 0.1) is 22.1 Å². The first-order chi connectivity index (χ1) is 17.5. The van der Waals surface area contributed by atoms with Crippen molar-refractivity contribution in [1.29, 1.82) is 5.26 Å². The molecule has 36 heavy (non-hydrogen) atoms. The third kappa shape index (κ3) is 5.53. The number of nitriles is 1. The van der Waals surface area contributed by atoms with E-state index in [9.17, 15) is 10.1 Å². The minimum atomic E-state index is -0.528. The third-order valence-electron chi connectivity index (χ3n) is 5.90. The van der Waals surface area contributed by atoms with E-state index in [-0.39, 0.29) is 5.57 Å². The zero-order valence-corrected chi connectivity index (χ0v) is 21.4. The molecule has 5 rings (SSSR count). The lowest BCUT2D eigenvalue weighted by atomic mass is 10.1. The van der Waals surface area contributed by atoms with Crippen LogP contribution in [0.25, 0.3) is 17.4 Å². The second-order valence-corrected chi connectivity index (χ2v) is 10.4. The summed E-state index contributed by atoms with van der Waals surface area (Å²) in [6.45, 7) is 2.80. The molecule has 0 saturated carbocycles. The van der Waals surface area contributed by atoms with Crippen molar-refractivity contribution in [3.05, 3.63) is 98.2 Å². The first-order valence-electron chi connectivity index (χ1n) is 11.3. The van der Waals surface area contributed by atoms with Crippen LogP contribution in [0.4, 0.5) is 5.13 Å². The van der Waals surface area contributed by atoms with Crippen LogP contribution >= 0.6 is 34.5 Å². The van der Waals surface area contributed by atoms with E-state index in [1.807, 2.05) is 12.1 Å². The van der Waals surface area contributed by atoms with Gasteiger partial charge in [0.2, 0.25) is 0 Å². The first kappa shape index (κ1) is 24.3. The van der Waals surface area contributed by atoms with E-state index < -0.39 is 5.91 Å². The molecular formula is C27H21Cl2N4O2S+. The minimum absolute atomic E-state index is 0.0809. The van der Waals surface area contributed by atoms with Gasteiger partial charge in [-0.25, -0.2) is 4.98 Å². The highest BCUT2D eigenvalue weighted by atomic mass is 35.5. The highest BCUT2D eigenvalue weighted by Crippen LogP contribution is 2.32. The number of nitrogens with zero attached hydrogens (tertiary/aromatic N) is 2. The lowest BCUT2D eigenvalue weighted by Crippen LogP contribution is -3.10. The lowest BCUT2D eigenvalue weighted by molar-refractivity contribution is -0.929. The molecule has 2 N–H and O–H groups in total. The Bertz CT molecular complexity index is 1490. The molecule has 1 atom stereocenters. The predicted molar refractivity (Wildman–Crippen MR) is 142 cm³/mol. The highest BCUT2D eigenvalue weighted by molar-refractivity contribution is 7.15. The molecule has 4 aromatic rings. The zero-order chi connectivity index (χ0) is 25.1. The largest absolute Gasteiger partial charge is 0.457 e. The molecule has 0 bridgehead atoms. The number of hydrogen-bond donors (Lipinski definition) is 2. The van der Waals surface area contributed by atoms with Gasteiger partial charge in [-0.15, -0.1) is 0 Å². The van der Waals surface area contributed by atoms with Crippen molar-refractivity contribution in [1.82, 2.24) is 4.98 Å². The van der Waals surface area contributed by atoms with E-state index in [4.69, 9.17) is 27.6 Å². The Labute approximate surface area is 222 Å². The van der Waals surface area contributed by atoms with Crippen LogP contribution in [0.1, 0.15) is 21.9 Å². The molecule has 1 aliphatic heterocycles. The molecule has 0 radical (unpaired) electrons. The van der Waals surface area contributed by atoms with Crippen molar-refractivity contribution in [3.63, 3.8) is 0 Å². The number of amides is 1. The fourth-order valence-electron chi connectivity index (χ4n) is 4.14. The SMILES string of the molecule is N#CC(=Cc1ccc(-c2ccc(Cl)cc2Cl)o1)C(=O)Nc1nc2c(s1)C[NH+](Cc1ccccc1)CC2. The second kappa shape index (κ2) is 10.7. The number of halogens is 2. The molecule has 1 unspecified atom stereocenters. The third-order valence-corrected chi connectivity index (χ3v) is 7.46. The number of rotatable bonds is 6. The van der Waals surface area contributed by atoms with Crippen LogP contribution in [0.3, 0.4) is 0 Å². The van der Waals surface area contributed by atoms with Crippen molar-refractivity contribution >= 4 is 51.7 Å². The summed E-state index contributed by atoms with van der Waals surface area (Å²) in [4.78, 5) is 20.0. The molecule has 0 spiro atoms. The molecular weight excluding hydrogens is 515 g/mol. The standard InChI is InChI=1S/C27H20Cl2N4O2S/c28-19-6-8-21(22(29)13-19)24-9-7-20(35-24)12-18(14-30)26(34)32-27-31-23-10-11-33(16-25(23)36-27)15-17-4-2-1-3-5-17/h1-9,12-13H,10-11,15-16H2,(H,31,32,34)/p+1. The summed E-state index contributed by atoms with van der Waals surface area (Å²) < 4.78 is 5.80. The van der Waals surface area contributed by atoms with E-state index in [1.54, 1.807) is 30.3 Å². The molecule has 1 aliphatic rings. The number of carbonyl (C=O) groups excluding carboxylic acids is 1. The van der Waals surface area contributed by atoms with Crippen LogP contribution in [-0.2, 0) is 24.3 Å². The van der Waals surface area contributed by atoms with Crippen molar-refractivity contribution in [2.75, 3.05) is 11.9 Å². The summed E-state index contributed by atoms with van der Waals surface area (Å²) in [7, 11) is 0. The fourth-order valence-corrected chi connectivity index (χ4v) is 5.71. The predicted octanol–water partition coefficient (Wildman–Crippen LogP) is 5.40. The molecule has 1 amide bonds. The van der Waals surface area contributed by atoms with Crippen molar-refractivity contribution in [3.8, 4) is 17.4 Å². The maximum absolute atomic E-state index is 12.8. The van der Waals surface area contributed by atoms with Crippen LogP contribution in [0.2, 0.25) is 10.0 Å². The van der Waals surface area contributed by atoms with Gasteiger partial charge in [0.1, 0.15) is 36.3 Å². The van der Waals surface area contributed by atoms with E-state index in [1.165, 1.54) is 32.8 Å². The normalized spacial score (nSPS) is 15.2. The van der Waals surface area contributed by atoms with Crippen LogP contribution in [0.5, 0.6) is 0 Å². The second-order valence-electron chi connectivity index (χ2n) is 8.43. The minimum Gasteiger partial charge on any atom is -0.457 e. The smallest absolute Gasteiger partial charge is 0.268 e. The molecule has 2 aromatic carbocycles. The topological polar surface area (TPSA) is 83.4 Å². The summed E-state index contributed by atoms with van der Waals surface area (Å²) in [6.07, 6.45) is 2.26. The number of furan rings is 1. The molecule has 0 fully saturated rings. The molecule has 2 aromatic heterocycles. The number of anilines is 1. The molecule has 0 aliphatic carbocycles. The van der Waals surface area contributed by atoms with Gasteiger partial charge < -0.3 is 9.32 Å². The Morgan fingerprint density at radius 1 is 1.19 bits per heavy atom. The number of thiazole rings is 1. The van der Waals surface area contributed by atoms with Crippen LogP contribution < -0.4 is 10.2 Å². The van der Waals surface area contributed by atoms with Crippen LogP contribution in [0.15, 0.2) is 70.7 Å². The first-order valence-corrected chi connectivity index (χ1v) is 12.9. The molecule has 0 saturated heterocycles. The number of hydrogen-bond acceptors (Lipinski definition) is 5. The number of quaternary nitrogens is 1. The number of fused-ring (bicyclic) bond motifs is 1. The van der Waals surface area contributed by atoms with Gasteiger partial charge in [-0.3, -0.25) is 10.1 Å². The van der Waals surface area contributed by atoms with Crippen molar-refractivity contribution in [2.45, 2.75) is 19.5 Å². The average Bonchev–Trinajstić information content (AvgIpc) is 3.49. The monoisotopic (exact) mass is 535 g/mol. The van der Waals surface area contributed by atoms with Gasteiger partial charge in [-0.2, -0.15) is 5.26 Å². The molecule has 9 heteroatoms. The van der Waals surface area contributed by atoms with Crippen molar-refractivity contribution in [2.24, 2.45) is 0 Å². The number of aromatic nitrogens is 1. The number of benzene rings is 2. The summed E-state index contributed by atoms with van der Waals surface area (Å²) in [6, 6.07) is 20.9. The van der Waals surface area contributed by atoms with Gasteiger partial charge in [0, 0.05) is 28.6 Å². The Hall–Kier alpha value is -3.41. The summed E-state index contributed by atoms with van der Waals surface area (Å²) >= 11 is 13.7. The van der Waals surface area contributed by atoms with E-state index in [2.05, 4.69) is 34.6 Å². The zero-order valence-electron chi connectivity index (χ0n) is 19.1. The Balaban J connectivity index is 1.26. The summed E-state index contributed by atoms with van der Waals surface area (Å²) in [5.41, 5.74) is 2.91. The van der Waals surface area contributed by atoms with Crippen LogP contribution in [-0.4, -0.2) is 17.4 Å². The van der Waals surface area contributed by atoms with Crippen molar-refractivity contribution < 1.29 is 14.1 Å². The average molecular weight is 536 g/mol.